The Morgan fingerprint density at radius 1 is 1.15 bits per heavy atom. The average Bonchev–Trinajstić information content (AvgIpc) is 2.42. The molecule has 0 unspecified atom stereocenters. The van der Waals surface area contributed by atoms with Crippen molar-refractivity contribution < 1.29 is 24.2 Å². The molecule has 0 atom stereocenters. The smallest absolute Gasteiger partial charge is 0.336 e. The first-order valence-corrected chi connectivity index (χ1v) is 5.73. The number of esters is 1. The number of carboxylic acids is 1. The number of rotatable bonds is 7. The van der Waals surface area contributed by atoms with Gasteiger partial charge in [0.1, 0.15) is 12.4 Å². The second-order valence-electron chi connectivity index (χ2n) is 3.87. The summed E-state index contributed by atoms with van der Waals surface area (Å²) in [5, 5.41) is 8.94. The lowest BCUT2D eigenvalue weighted by Crippen LogP contribution is -2.15. The lowest BCUT2D eigenvalue weighted by Gasteiger charge is -2.07. The maximum absolute atomic E-state index is 11.4. The highest BCUT2D eigenvalue weighted by Gasteiger charge is 2.11. The van der Waals surface area contributed by atoms with Gasteiger partial charge in [-0.25, -0.2) is 4.79 Å². The Balaban J connectivity index is 0.00000361. The van der Waals surface area contributed by atoms with Crippen LogP contribution in [-0.4, -0.2) is 29.4 Å². The molecule has 20 heavy (non-hydrogen) atoms. The quantitative estimate of drug-likeness (QED) is 0.721. The number of benzene rings is 1. The lowest BCUT2D eigenvalue weighted by atomic mass is 10.1. The first kappa shape index (κ1) is 18.3. The van der Waals surface area contributed by atoms with Gasteiger partial charge in [-0.05, 0) is 6.07 Å². The van der Waals surface area contributed by atoms with Gasteiger partial charge in [-0.15, -0.1) is 17.0 Å². The van der Waals surface area contributed by atoms with Crippen molar-refractivity contribution in [2.75, 3.05) is 6.54 Å². The summed E-state index contributed by atoms with van der Waals surface area (Å²) in [6.45, 7) is -0.229. The summed E-state index contributed by atoms with van der Waals surface area (Å²) in [6.07, 6.45) is -0.0127. The Kier molecular flexibility index (Phi) is 8.42. The minimum Gasteiger partial charge on any atom is -0.478 e. The van der Waals surface area contributed by atoms with Gasteiger partial charge in [0.05, 0.1) is 18.5 Å². The van der Waals surface area contributed by atoms with Crippen molar-refractivity contribution in [2.45, 2.75) is 19.4 Å². The Hall–Kier alpha value is -1.73. The molecule has 1 aromatic carbocycles. The molecule has 0 aliphatic heterocycles. The van der Waals surface area contributed by atoms with Crippen molar-refractivity contribution in [2.24, 2.45) is 5.73 Å². The molecule has 0 aliphatic carbocycles. The molecular weight excluding hydrogens is 330 g/mol. The van der Waals surface area contributed by atoms with Crippen LogP contribution < -0.4 is 5.73 Å². The zero-order chi connectivity index (χ0) is 14.3. The molecule has 0 fully saturated rings. The SMILES string of the molecule is Br.NCC(=O)CCC(=O)OCc1ccccc1C(=O)O. The largest absolute Gasteiger partial charge is 0.478 e. The van der Waals surface area contributed by atoms with Crippen LogP contribution in [-0.2, 0) is 20.9 Å². The topological polar surface area (TPSA) is 107 Å². The summed E-state index contributed by atoms with van der Waals surface area (Å²) in [7, 11) is 0. The van der Waals surface area contributed by atoms with Crippen LogP contribution in [0.2, 0.25) is 0 Å². The number of carboxylic acid groups (broad SMARTS) is 1. The average molecular weight is 346 g/mol. The molecule has 0 aromatic heterocycles. The number of nitrogens with two attached hydrogens (primary N) is 1. The number of carbonyl (C=O) groups excluding carboxylic acids is 2. The van der Waals surface area contributed by atoms with Crippen LogP contribution in [0.5, 0.6) is 0 Å². The number of carbonyl (C=O) groups is 3. The number of ether oxygens (including phenoxy) is 1. The fraction of sp³-hybridized carbons (Fsp3) is 0.308. The first-order valence-electron chi connectivity index (χ1n) is 5.73. The van der Waals surface area contributed by atoms with Gasteiger partial charge in [-0.1, -0.05) is 18.2 Å². The molecule has 3 N–H and O–H groups in total. The van der Waals surface area contributed by atoms with Crippen LogP contribution >= 0.6 is 17.0 Å². The molecule has 0 bridgehead atoms. The van der Waals surface area contributed by atoms with Crippen LogP contribution in [0.1, 0.15) is 28.8 Å². The molecule has 0 radical (unpaired) electrons. The van der Waals surface area contributed by atoms with Gasteiger partial charge in [0.15, 0.2) is 0 Å². The van der Waals surface area contributed by atoms with Gasteiger partial charge in [0.25, 0.3) is 0 Å². The van der Waals surface area contributed by atoms with E-state index in [2.05, 4.69) is 0 Å². The highest BCUT2D eigenvalue weighted by molar-refractivity contribution is 8.93. The number of hydrogen-bond acceptors (Lipinski definition) is 5. The molecule has 0 aliphatic rings. The third kappa shape index (κ3) is 5.94. The molecule has 0 saturated carbocycles. The summed E-state index contributed by atoms with van der Waals surface area (Å²) in [5.41, 5.74) is 5.61. The molecule has 110 valence electrons. The maximum atomic E-state index is 11.4. The third-order valence-electron chi connectivity index (χ3n) is 2.47. The summed E-state index contributed by atoms with van der Waals surface area (Å²) in [6, 6.07) is 6.26. The normalized spacial score (nSPS) is 9.45. The van der Waals surface area contributed by atoms with Gasteiger partial charge < -0.3 is 15.6 Å². The molecule has 0 amide bonds. The summed E-state index contributed by atoms with van der Waals surface area (Å²) < 4.78 is 4.92. The van der Waals surface area contributed by atoms with Crippen LogP contribution in [0.15, 0.2) is 24.3 Å². The Morgan fingerprint density at radius 3 is 2.40 bits per heavy atom. The molecule has 1 aromatic rings. The van der Waals surface area contributed by atoms with E-state index in [0.29, 0.717) is 5.56 Å². The van der Waals surface area contributed by atoms with Gasteiger partial charge in [-0.3, -0.25) is 9.59 Å². The molecule has 7 heteroatoms. The summed E-state index contributed by atoms with van der Waals surface area (Å²) >= 11 is 0. The van der Waals surface area contributed by atoms with Crippen molar-refractivity contribution in [3.8, 4) is 0 Å². The molecule has 0 spiro atoms. The first-order chi connectivity index (χ1) is 9.04. The van der Waals surface area contributed by atoms with E-state index in [0.717, 1.165) is 0 Å². The number of halogens is 1. The van der Waals surface area contributed by atoms with E-state index in [1.165, 1.54) is 6.07 Å². The van der Waals surface area contributed by atoms with Gasteiger partial charge >= 0.3 is 11.9 Å². The van der Waals surface area contributed by atoms with Crippen LogP contribution in [0.3, 0.4) is 0 Å². The summed E-state index contributed by atoms with van der Waals surface area (Å²) in [5.74, 6) is -1.85. The molecule has 0 saturated heterocycles. The second-order valence-corrected chi connectivity index (χ2v) is 3.87. The molecule has 0 heterocycles. The van der Waals surface area contributed by atoms with Crippen molar-refractivity contribution in [3.05, 3.63) is 35.4 Å². The van der Waals surface area contributed by atoms with E-state index in [1.807, 2.05) is 0 Å². The minimum absolute atomic E-state index is 0. The lowest BCUT2D eigenvalue weighted by molar-refractivity contribution is -0.146. The van der Waals surface area contributed by atoms with Crippen LogP contribution in [0.25, 0.3) is 0 Å². The predicted molar refractivity (Wildman–Crippen MR) is 76.8 cm³/mol. The number of Topliss-reactive ketones (excluding diaryl/α,β-unsaturated/α-hetero) is 1. The van der Waals surface area contributed by atoms with E-state index in [-0.39, 0.29) is 54.3 Å². The van der Waals surface area contributed by atoms with Crippen molar-refractivity contribution >= 4 is 34.7 Å². The van der Waals surface area contributed by atoms with Crippen molar-refractivity contribution in [1.82, 2.24) is 0 Å². The van der Waals surface area contributed by atoms with Crippen LogP contribution in [0.4, 0.5) is 0 Å². The zero-order valence-corrected chi connectivity index (χ0v) is 12.4. The van der Waals surface area contributed by atoms with Crippen molar-refractivity contribution in [3.63, 3.8) is 0 Å². The van der Waals surface area contributed by atoms with Gasteiger partial charge in [0, 0.05) is 12.0 Å². The molecular formula is C13H16BrNO5. The summed E-state index contributed by atoms with van der Waals surface area (Å²) in [4.78, 5) is 33.2. The predicted octanol–water partition coefficient (Wildman–Crippen LogP) is 1.31. The monoisotopic (exact) mass is 345 g/mol. The van der Waals surface area contributed by atoms with E-state index < -0.39 is 11.9 Å². The van der Waals surface area contributed by atoms with E-state index >= 15 is 0 Å². The van der Waals surface area contributed by atoms with E-state index in [1.54, 1.807) is 18.2 Å². The Bertz CT molecular complexity index is 489. The maximum Gasteiger partial charge on any atom is 0.336 e. The van der Waals surface area contributed by atoms with E-state index in [4.69, 9.17) is 15.6 Å². The highest BCUT2D eigenvalue weighted by atomic mass is 79.9. The van der Waals surface area contributed by atoms with Gasteiger partial charge in [-0.2, -0.15) is 0 Å². The Morgan fingerprint density at radius 2 is 1.80 bits per heavy atom. The number of ketones is 1. The molecule has 6 nitrogen and oxygen atoms in total. The third-order valence-corrected chi connectivity index (χ3v) is 2.47. The zero-order valence-electron chi connectivity index (χ0n) is 10.7. The van der Waals surface area contributed by atoms with Crippen LogP contribution in [0, 0.1) is 0 Å². The van der Waals surface area contributed by atoms with Crippen molar-refractivity contribution in [1.29, 1.82) is 0 Å². The fourth-order valence-electron chi connectivity index (χ4n) is 1.43. The highest BCUT2D eigenvalue weighted by Crippen LogP contribution is 2.10. The minimum atomic E-state index is -1.08. The Labute approximate surface area is 126 Å². The molecule has 1 rings (SSSR count). The number of hydrogen-bond donors (Lipinski definition) is 2. The second kappa shape index (κ2) is 9.22. The standard InChI is InChI=1S/C13H15NO5.BrH/c14-7-10(15)5-6-12(16)19-8-9-3-1-2-4-11(9)13(17)18;/h1-4H,5-8,14H2,(H,17,18);1H. The fourth-order valence-corrected chi connectivity index (χ4v) is 1.43. The number of aromatic carboxylic acids is 1. The van der Waals surface area contributed by atoms with E-state index in [9.17, 15) is 14.4 Å². The van der Waals surface area contributed by atoms with Gasteiger partial charge in [0.2, 0.25) is 0 Å².